The van der Waals surface area contributed by atoms with Crippen LogP contribution in [0.2, 0.25) is 0 Å². The van der Waals surface area contributed by atoms with Crippen LogP contribution in [0.4, 0.5) is 4.79 Å². The van der Waals surface area contributed by atoms with Crippen LogP contribution in [0.25, 0.3) is 16.5 Å². The van der Waals surface area contributed by atoms with Crippen molar-refractivity contribution in [3.05, 3.63) is 58.4 Å². The van der Waals surface area contributed by atoms with E-state index in [0.717, 1.165) is 27.8 Å². The number of nitrogens with zero attached hydrogens (tertiary/aromatic N) is 3. The second-order valence-electron chi connectivity index (χ2n) is 13.6. The Kier molecular flexibility index (Phi) is 9.87. The number of hydrogen-bond donors (Lipinski definition) is 0. The van der Waals surface area contributed by atoms with E-state index in [0.29, 0.717) is 42.0 Å². The highest BCUT2D eigenvalue weighted by molar-refractivity contribution is 7.87. The maximum Gasteiger partial charge on any atom is 0.410 e. The van der Waals surface area contributed by atoms with Crippen LogP contribution in [0.5, 0.6) is 11.6 Å². The second kappa shape index (κ2) is 13.0. The Morgan fingerprint density at radius 3 is 2.04 bits per heavy atom. The highest BCUT2D eigenvalue weighted by atomic mass is 32.2. The average Bonchev–Trinajstić information content (AvgIpc) is 2.94. The van der Waals surface area contributed by atoms with Crippen LogP contribution in [0.1, 0.15) is 115 Å². The van der Waals surface area contributed by atoms with E-state index in [1.165, 1.54) is 0 Å². The summed E-state index contributed by atoms with van der Waals surface area (Å²) in [5.74, 6) is 1.06. The zero-order valence-electron chi connectivity index (χ0n) is 28.4. The molecule has 0 bridgehead atoms. The maximum absolute atomic E-state index is 14.2. The molecule has 0 atom stereocenters. The number of aromatic nitrogens is 2. The molecule has 10 heteroatoms. The van der Waals surface area contributed by atoms with E-state index in [2.05, 4.69) is 23.8 Å². The Bertz CT molecular complexity index is 1710. The number of benzene rings is 2. The number of carbonyl (C=O) groups excluding carboxylic acids is 1. The van der Waals surface area contributed by atoms with Gasteiger partial charge in [-0.15, -0.1) is 0 Å². The first-order chi connectivity index (χ1) is 20.9. The summed E-state index contributed by atoms with van der Waals surface area (Å²) in [6.07, 6.45) is 2.15. The third-order valence-corrected chi connectivity index (χ3v) is 9.17. The molecule has 1 amide bonds. The van der Waals surface area contributed by atoms with Gasteiger partial charge in [-0.25, -0.2) is 9.78 Å². The molecule has 4 rings (SSSR count). The van der Waals surface area contributed by atoms with Gasteiger partial charge in [0.1, 0.15) is 22.1 Å². The first-order valence-corrected chi connectivity index (χ1v) is 17.0. The predicted molar refractivity (Wildman–Crippen MR) is 178 cm³/mol. The van der Waals surface area contributed by atoms with Crippen LogP contribution in [0, 0.1) is 6.92 Å². The number of amides is 1. The highest BCUT2D eigenvalue weighted by Gasteiger charge is 2.31. The molecule has 2 heterocycles. The molecule has 0 spiro atoms. The number of rotatable bonds is 8. The third-order valence-electron chi connectivity index (χ3n) is 7.82. The first kappa shape index (κ1) is 34.2. The quantitative estimate of drug-likeness (QED) is 0.228. The normalized spacial score (nSPS) is 14.4. The van der Waals surface area contributed by atoms with E-state index in [4.69, 9.17) is 13.7 Å². The summed E-state index contributed by atoms with van der Waals surface area (Å²) < 4.78 is 45.7. The van der Waals surface area contributed by atoms with Crippen LogP contribution in [0.15, 0.2) is 35.2 Å². The molecule has 0 aliphatic carbocycles. The van der Waals surface area contributed by atoms with Gasteiger partial charge >= 0.3 is 16.2 Å². The van der Waals surface area contributed by atoms with E-state index >= 15 is 0 Å². The SMILES string of the molecule is COc1cc2nc(C)nc(OS(=O)(=O)c3c(C(C)C)cc(C(C)C)cc3C(C)C)c2cc1C1=CCN(C(=O)OC(C)(C)C)CC1. The van der Waals surface area contributed by atoms with Crippen molar-refractivity contribution in [2.75, 3.05) is 20.2 Å². The lowest BCUT2D eigenvalue weighted by Crippen LogP contribution is -2.39. The van der Waals surface area contributed by atoms with E-state index < -0.39 is 15.7 Å². The molecule has 0 saturated carbocycles. The Hall–Kier alpha value is -3.66. The Labute approximate surface area is 268 Å². The van der Waals surface area contributed by atoms with E-state index in [1.807, 2.05) is 72.7 Å². The molecule has 0 saturated heterocycles. The van der Waals surface area contributed by atoms with Gasteiger partial charge in [-0.05, 0) is 80.2 Å². The lowest BCUT2D eigenvalue weighted by Gasteiger charge is -2.30. The molecule has 2 aromatic carbocycles. The predicted octanol–water partition coefficient (Wildman–Crippen LogP) is 8.11. The van der Waals surface area contributed by atoms with Crippen LogP contribution in [-0.2, 0) is 14.9 Å². The van der Waals surface area contributed by atoms with Gasteiger partial charge in [0.15, 0.2) is 0 Å². The number of ether oxygens (including phenoxy) is 2. The Morgan fingerprint density at radius 1 is 0.933 bits per heavy atom. The number of aryl methyl sites for hydroxylation is 1. The number of hydrogen-bond acceptors (Lipinski definition) is 8. The van der Waals surface area contributed by atoms with Crippen LogP contribution in [0.3, 0.4) is 0 Å². The van der Waals surface area contributed by atoms with Gasteiger partial charge in [0.05, 0.1) is 18.0 Å². The molecule has 0 fully saturated rings. The van der Waals surface area contributed by atoms with E-state index in [9.17, 15) is 13.2 Å². The van der Waals surface area contributed by atoms with Crippen molar-refractivity contribution in [2.24, 2.45) is 0 Å². The molecule has 0 unspecified atom stereocenters. The molecule has 45 heavy (non-hydrogen) atoms. The molecule has 9 nitrogen and oxygen atoms in total. The minimum atomic E-state index is -4.29. The monoisotopic (exact) mass is 637 g/mol. The minimum Gasteiger partial charge on any atom is -0.496 e. The number of fused-ring (bicyclic) bond motifs is 1. The lowest BCUT2D eigenvalue weighted by molar-refractivity contribution is 0.0270. The van der Waals surface area contributed by atoms with Crippen molar-refractivity contribution < 1.29 is 26.9 Å². The van der Waals surface area contributed by atoms with Crippen LogP contribution < -0.4 is 8.92 Å². The molecule has 244 valence electrons. The van der Waals surface area contributed by atoms with Gasteiger partial charge in [0, 0.05) is 24.7 Å². The van der Waals surface area contributed by atoms with Crippen molar-refractivity contribution in [1.29, 1.82) is 0 Å². The van der Waals surface area contributed by atoms with E-state index in [-0.39, 0.29) is 34.6 Å². The van der Waals surface area contributed by atoms with Crippen molar-refractivity contribution in [2.45, 2.75) is 104 Å². The standard InChI is InChI=1S/C35H47N3O6S/c1-20(2)25-16-26(21(3)4)32(27(17-25)22(5)6)45(40,41)44-33-29-18-28(31(42-11)19-30(29)36-23(7)37-33)24-12-14-38(15-13-24)34(39)43-35(8,9)10/h12,16-22H,13-15H2,1-11H3. The van der Waals surface area contributed by atoms with Gasteiger partial charge in [-0.1, -0.05) is 59.8 Å². The van der Waals surface area contributed by atoms with Gasteiger partial charge in [0.25, 0.3) is 0 Å². The summed E-state index contributed by atoms with van der Waals surface area (Å²) in [6.45, 7) is 20.2. The number of carbonyl (C=O) groups is 1. The first-order valence-electron chi connectivity index (χ1n) is 15.6. The zero-order chi connectivity index (χ0) is 33.4. The summed E-state index contributed by atoms with van der Waals surface area (Å²) >= 11 is 0. The lowest BCUT2D eigenvalue weighted by atomic mass is 9.89. The highest BCUT2D eigenvalue weighted by Crippen LogP contribution is 2.39. The van der Waals surface area contributed by atoms with Gasteiger partial charge in [-0.3, -0.25) is 0 Å². The fourth-order valence-corrected chi connectivity index (χ4v) is 7.04. The smallest absolute Gasteiger partial charge is 0.410 e. The topological polar surface area (TPSA) is 108 Å². The van der Waals surface area contributed by atoms with Crippen LogP contribution in [-0.4, -0.2) is 55.2 Å². The molecule has 0 radical (unpaired) electrons. The molecule has 1 aliphatic heterocycles. The third kappa shape index (κ3) is 7.60. The Balaban J connectivity index is 1.81. The van der Waals surface area contributed by atoms with Gasteiger partial charge in [0.2, 0.25) is 5.88 Å². The van der Waals surface area contributed by atoms with Crippen molar-refractivity contribution in [1.82, 2.24) is 14.9 Å². The Morgan fingerprint density at radius 2 is 1.56 bits per heavy atom. The molecular weight excluding hydrogens is 590 g/mol. The number of methoxy groups -OCH3 is 1. The molecule has 0 N–H and O–H groups in total. The largest absolute Gasteiger partial charge is 0.496 e. The summed E-state index contributed by atoms with van der Waals surface area (Å²) in [7, 11) is -2.71. The zero-order valence-corrected chi connectivity index (χ0v) is 29.3. The van der Waals surface area contributed by atoms with Crippen molar-refractivity contribution >= 4 is 32.7 Å². The van der Waals surface area contributed by atoms with Crippen molar-refractivity contribution in [3.63, 3.8) is 0 Å². The minimum absolute atomic E-state index is 0.0365. The van der Waals surface area contributed by atoms with Gasteiger partial charge < -0.3 is 18.6 Å². The second-order valence-corrected chi connectivity index (χ2v) is 15.1. The van der Waals surface area contributed by atoms with E-state index in [1.54, 1.807) is 25.0 Å². The molecule has 1 aliphatic rings. The molecule has 3 aromatic rings. The summed E-state index contributed by atoms with van der Waals surface area (Å²) in [5.41, 5.74) is 4.18. The summed E-state index contributed by atoms with van der Waals surface area (Å²) in [4.78, 5) is 23.5. The molecular formula is C35H47N3O6S. The fraction of sp³-hybridized carbons (Fsp3) is 0.514. The van der Waals surface area contributed by atoms with Crippen LogP contribution >= 0.6 is 0 Å². The van der Waals surface area contributed by atoms with Crippen molar-refractivity contribution in [3.8, 4) is 11.6 Å². The average molecular weight is 638 g/mol. The summed E-state index contributed by atoms with van der Waals surface area (Å²) in [6, 6.07) is 7.57. The molecule has 1 aromatic heterocycles. The summed E-state index contributed by atoms with van der Waals surface area (Å²) in [5, 5.41) is 0.450. The maximum atomic E-state index is 14.2. The fourth-order valence-electron chi connectivity index (χ4n) is 5.45. The van der Waals surface area contributed by atoms with Gasteiger partial charge in [-0.2, -0.15) is 13.4 Å².